The molecule has 0 radical (unpaired) electrons. The molecule has 1 saturated heterocycles. The van der Waals surface area contributed by atoms with Gasteiger partial charge in [0.05, 0.1) is 0 Å². The maximum Gasteiger partial charge on any atom is 0.225 e. The van der Waals surface area contributed by atoms with E-state index in [0.717, 1.165) is 50.9 Å². The smallest absolute Gasteiger partial charge is 0.225 e. The predicted octanol–water partition coefficient (Wildman–Crippen LogP) is 1.88. The molecule has 1 aliphatic heterocycles. The monoisotopic (exact) mass is 238 g/mol. The van der Waals surface area contributed by atoms with E-state index in [4.69, 9.17) is 0 Å². The Balaban J connectivity index is 1.81. The molecular weight excluding hydrogens is 212 g/mol. The van der Waals surface area contributed by atoms with Gasteiger partial charge in [0.15, 0.2) is 0 Å². The maximum atomic E-state index is 12.3. The third-order valence-electron chi connectivity index (χ3n) is 4.49. The van der Waals surface area contributed by atoms with E-state index in [2.05, 4.69) is 24.1 Å². The largest absolute Gasteiger partial charge is 0.340 e. The molecule has 0 aromatic heterocycles. The fourth-order valence-electron chi connectivity index (χ4n) is 3.18. The second-order valence-corrected chi connectivity index (χ2v) is 5.93. The van der Waals surface area contributed by atoms with Crippen LogP contribution >= 0.6 is 0 Å². The van der Waals surface area contributed by atoms with Gasteiger partial charge in [-0.2, -0.15) is 0 Å². The van der Waals surface area contributed by atoms with Gasteiger partial charge in [-0.25, -0.2) is 0 Å². The lowest BCUT2D eigenvalue weighted by Crippen LogP contribution is -2.48. The van der Waals surface area contributed by atoms with Gasteiger partial charge >= 0.3 is 0 Å². The Morgan fingerprint density at radius 2 is 1.71 bits per heavy atom. The quantitative estimate of drug-likeness (QED) is 0.796. The lowest BCUT2D eigenvalue weighted by molar-refractivity contribution is -0.137. The number of rotatable bonds is 2. The second-order valence-electron chi connectivity index (χ2n) is 5.93. The molecule has 1 saturated carbocycles. The van der Waals surface area contributed by atoms with Crippen LogP contribution < -0.4 is 5.32 Å². The van der Waals surface area contributed by atoms with Gasteiger partial charge in [-0.05, 0) is 37.5 Å². The van der Waals surface area contributed by atoms with Crippen LogP contribution in [0.1, 0.15) is 39.5 Å². The van der Waals surface area contributed by atoms with E-state index in [1.165, 1.54) is 12.8 Å². The summed E-state index contributed by atoms with van der Waals surface area (Å²) in [4.78, 5) is 14.4. The molecule has 1 amide bonds. The van der Waals surface area contributed by atoms with E-state index >= 15 is 0 Å². The molecule has 0 spiro atoms. The summed E-state index contributed by atoms with van der Waals surface area (Å²) in [6.45, 7) is 8.36. The fourth-order valence-corrected chi connectivity index (χ4v) is 3.18. The first-order valence-corrected chi connectivity index (χ1v) is 7.18. The van der Waals surface area contributed by atoms with Crippen LogP contribution in [0.5, 0.6) is 0 Å². The van der Waals surface area contributed by atoms with Crippen LogP contribution in [0.25, 0.3) is 0 Å². The van der Waals surface area contributed by atoms with Gasteiger partial charge in [0.25, 0.3) is 0 Å². The highest BCUT2D eigenvalue weighted by Gasteiger charge is 2.30. The van der Waals surface area contributed by atoms with Gasteiger partial charge in [-0.15, -0.1) is 0 Å². The molecule has 2 aliphatic rings. The van der Waals surface area contributed by atoms with Gasteiger partial charge in [0.2, 0.25) is 5.91 Å². The number of nitrogens with one attached hydrogen (secondary N) is 1. The third-order valence-corrected chi connectivity index (χ3v) is 4.49. The summed E-state index contributed by atoms with van der Waals surface area (Å²) in [5, 5.41) is 3.30. The molecule has 1 heterocycles. The van der Waals surface area contributed by atoms with Crippen LogP contribution in [0.3, 0.4) is 0 Å². The molecule has 2 fully saturated rings. The number of piperazine rings is 1. The van der Waals surface area contributed by atoms with Crippen LogP contribution in [-0.4, -0.2) is 37.0 Å². The number of hydrogen-bond donors (Lipinski definition) is 1. The van der Waals surface area contributed by atoms with Crippen LogP contribution in [-0.2, 0) is 4.79 Å². The van der Waals surface area contributed by atoms with Gasteiger partial charge < -0.3 is 10.2 Å². The second kappa shape index (κ2) is 5.85. The molecular formula is C14H26N2O. The minimum atomic E-state index is 0.322. The molecule has 0 aromatic carbocycles. The molecule has 2 rings (SSSR count). The van der Waals surface area contributed by atoms with Gasteiger partial charge in [-0.1, -0.05) is 13.8 Å². The van der Waals surface area contributed by atoms with Crippen molar-refractivity contribution in [3.05, 3.63) is 0 Å². The first-order valence-electron chi connectivity index (χ1n) is 7.18. The van der Waals surface area contributed by atoms with E-state index in [1.54, 1.807) is 0 Å². The molecule has 0 aromatic rings. The molecule has 3 nitrogen and oxygen atoms in total. The van der Waals surface area contributed by atoms with Crippen LogP contribution in [0.2, 0.25) is 0 Å². The SMILES string of the molecule is CC(C)C1CCC(C(=O)N2CCNCC2)CC1. The molecule has 98 valence electrons. The molecule has 3 heteroatoms. The lowest BCUT2D eigenvalue weighted by Gasteiger charge is -2.35. The van der Waals surface area contributed by atoms with Gasteiger partial charge in [0, 0.05) is 32.1 Å². The number of amides is 1. The van der Waals surface area contributed by atoms with E-state index in [1.807, 2.05) is 0 Å². The van der Waals surface area contributed by atoms with Gasteiger partial charge in [-0.3, -0.25) is 4.79 Å². The van der Waals surface area contributed by atoms with E-state index in [0.29, 0.717) is 11.8 Å². The maximum absolute atomic E-state index is 12.3. The molecule has 1 N–H and O–H groups in total. The Labute approximate surface area is 105 Å². The first kappa shape index (κ1) is 12.9. The zero-order valence-electron chi connectivity index (χ0n) is 11.2. The zero-order chi connectivity index (χ0) is 12.3. The lowest BCUT2D eigenvalue weighted by atomic mass is 9.76. The third kappa shape index (κ3) is 3.21. The summed E-state index contributed by atoms with van der Waals surface area (Å²) in [7, 11) is 0. The fraction of sp³-hybridized carbons (Fsp3) is 0.929. The minimum absolute atomic E-state index is 0.322. The van der Waals surface area contributed by atoms with Crippen molar-refractivity contribution >= 4 is 5.91 Å². The van der Waals surface area contributed by atoms with Gasteiger partial charge in [0.1, 0.15) is 0 Å². The predicted molar refractivity (Wildman–Crippen MR) is 69.7 cm³/mol. The summed E-state index contributed by atoms with van der Waals surface area (Å²) >= 11 is 0. The summed E-state index contributed by atoms with van der Waals surface area (Å²) < 4.78 is 0. The highest BCUT2D eigenvalue weighted by molar-refractivity contribution is 5.79. The van der Waals surface area contributed by atoms with E-state index < -0.39 is 0 Å². The number of nitrogens with zero attached hydrogens (tertiary/aromatic N) is 1. The van der Waals surface area contributed by atoms with E-state index in [9.17, 15) is 4.79 Å². The average Bonchev–Trinajstić information content (AvgIpc) is 2.39. The Bertz CT molecular complexity index is 251. The highest BCUT2D eigenvalue weighted by atomic mass is 16.2. The summed E-state index contributed by atoms with van der Waals surface area (Å²) in [6, 6.07) is 0. The minimum Gasteiger partial charge on any atom is -0.340 e. The molecule has 0 bridgehead atoms. The van der Waals surface area contributed by atoms with Crippen molar-refractivity contribution < 1.29 is 4.79 Å². The molecule has 1 aliphatic carbocycles. The highest BCUT2D eigenvalue weighted by Crippen LogP contribution is 2.34. The average molecular weight is 238 g/mol. The van der Waals surface area contributed by atoms with Crippen LogP contribution in [0.4, 0.5) is 0 Å². The first-order chi connectivity index (χ1) is 8.18. The summed E-state index contributed by atoms with van der Waals surface area (Å²) in [5.41, 5.74) is 0. The molecule has 17 heavy (non-hydrogen) atoms. The molecule has 0 unspecified atom stereocenters. The van der Waals surface area contributed by atoms with Crippen molar-refractivity contribution in [2.24, 2.45) is 17.8 Å². The van der Waals surface area contributed by atoms with Crippen molar-refractivity contribution in [1.82, 2.24) is 10.2 Å². The van der Waals surface area contributed by atoms with Crippen molar-refractivity contribution in [3.8, 4) is 0 Å². The standard InChI is InChI=1S/C14H26N2O/c1-11(2)12-3-5-13(6-4-12)14(17)16-9-7-15-8-10-16/h11-13,15H,3-10H2,1-2H3. The summed E-state index contributed by atoms with van der Waals surface area (Å²) in [5.74, 6) is 2.38. The Kier molecular flexibility index (Phi) is 4.43. The van der Waals surface area contributed by atoms with E-state index in [-0.39, 0.29) is 0 Å². The van der Waals surface area contributed by atoms with Crippen molar-refractivity contribution in [3.63, 3.8) is 0 Å². The number of hydrogen-bond acceptors (Lipinski definition) is 2. The normalized spacial score (nSPS) is 30.6. The Morgan fingerprint density at radius 3 is 2.24 bits per heavy atom. The van der Waals surface area contributed by atoms with Crippen molar-refractivity contribution in [2.45, 2.75) is 39.5 Å². The number of carbonyl (C=O) groups is 1. The molecule has 0 atom stereocenters. The Morgan fingerprint density at radius 1 is 1.12 bits per heavy atom. The van der Waals surface area contributed by atoms with Crippen LogP contribution in [0.15, 0.2) is 0 Å². The van der Waals surface area contributed by atoms with Crippen molar-refractivity contribution in [2.75, 3.05) is 26.2 Å². The number of carbonyl (C=O) groups excluding carboxylic acids is 1. The summed E-state index contributed by atoms with van der Waals surface area (Å²) in [6.07, 6.45) is 4.73. The van der Waals surface area contributed by atoms with Crippen LogP contribution in [0, 0.1) is 17.8 Å². The Hall–Kier alpha value is -0.570. The zero-order valence-corrected chi connectivity index (χ0v) is 11.2. The topological polar surface area (TPSA) is 32.3 Å². The van der Waals surface area contributed by atoms with Crippen molar-refractivity contribution in [1.29, 1.82) is 0 Å².